The summed E-state index contributed by atoms with van der Waals surface area (Å²) in [6.45, 7) is 3.86. The number of hydrogen-bond donors (Lipinski definition) is 4. The van der Waals surface area contributed by atoms with Gasteiger partial charge in [0.05, 0.1) is 0 Å². The van der Waals surface area contributed by atoms with E-state index < -0.39 is 12.0 Å². The first-order chi connectivity index (χ1) is 10.9. The largest absolute Gasteiger partial charge is 0.480 e. The first-order valence-corrected chi connectivity index (χ1v) is 7.71. The zero-order valence-electron chi connectivity index (χ0n) is 13.4. The molecule has 2 aromatic rings. The summed E-state index contributed by atoms with van der Waals surface area (Å²) in [6, 6.07) is 6.41. The first-order valence-electron chi connectivity index (χ1n) is 7.71. The number of carbonyl (C=O) groups excluding carboxylic acids is 1. The van der Waals surface area contributed by atoms with E-state index in [4.69, 9.17) is 5.73 Å². The number of carboxylic acids is 1. The zero-order chi connectivity index (χ0) is 17.0. The van der Waals surface area contributed by atoms with Gasteiger partial charge in [-0.25, -0.2) is 4.79 Å². The number of H-pyrrole nitrogens is 1. The highest BCUT2D eigenvalue weighted by atomic mass is 16.4. The summed E-state index contributed by atoms with van der Waals surface area (Å²) in [5.41, 5.74) is 7.67. The SMILES string of the molecule is CC(C)C(N)CC(=O)N[C@@H](Cc1c[nH]c2ccccc12)C(=O)O. The predicted molar refractivity (Wildman–Crippen MR) is 89.0 cm³/mol. The molecule has 2 atom stereocenters. The van der Waals surface area contributed by atoms with E-state index in [1.54, 1.807) is 6.20 Å². The quantitative estimate of drug-likeness (QED) is 0.622. The molecular formula is C17H23N3O3. The third kappa shape index (κ3) is 4.32. The normalized spacial score (nSPS) is 13.9. The minimum absolute atomic E-state index is 0.120. The Hall–Kier alpha value is -2.34. The van der Waals surface area contributed by atoms with Gasteiger partial charge in [0, 0.05) is 36.0 Å². The van der Waals surface area contributed by atoms with Crippen molar-refractivity contribution < 1.29 is 14.7 Å². The van der Waals surface area contributed by atoms with Crippen molar-refractivity contribution in [1.29, 1.82) is 0 Å². The Kier molecular flexibility index (Phi) is 5.39. The molecule has 1 heterocycles. The molecule has 0 aliphatic rings. The van der Waals surface area contributed by atoms with E-state index >= 15 is 0 Å². The molecule has 0 radical (unpaired) electrons. The van der Waals surface area contributed by atoms with E-state index in [1.165, 1.54) is 0 Å². The summed E-state index contributed by atoms with van der Waals surface area (Å²) in [5.74, 6) is -1.22. The van der Waals surface area contributed by atoms with Gasteiger partial charge in [-0.1, -0.05) is 32.0 Å². The Morgan fingerprint density at radius 3 is 2.65 bits per heavy atom. The van der Waals surface area contributed by atoms with Gasteiger partial charge >= 0.3 is 5.97 Å². The number of benzene rings is 1. The van der Waals surface area contributed by atoms with Crippen LogP contribution < -0.4 is 11.1 Å². The molecule has 1 aromatic carbocycles. The summed E-state index contributed by atoms with van der Waals surface area (Å²) in [5, 5.41) is 12.9. The highest BCUT2D eigenvalue weighted by Crippen LogP contribution is 2.19. The van der Waals surface area contributed by atoms with Crippen LogP contribution in [0.15, 0.2) is 30.5 Å². The molecule has 1 amide bonds. The van der Waals surface area contributed by atoms with Crippen LogP contribution in [0.3, 0.4) is 0 Å². The Morgan fingerprint density at radius 2 is 2.00 bits per heavy atom. The van der Waals surface area contributed by atoms with Gasteiger partial charge in [-0.05, 0) is 17.5 Å². The molecule has 23 heavy (non-hydrogen) atoms. The summed E-state index contributed by atoms with van der Waals surface area (Å²) in [6.07, 6.45) is 2.13. The van der Waals surface area contributed by atoms with E-state index in [-0.39, 0.29) is 30.7 Å². The molecule has 1 aromatic heterocycles. The van der Waals surface area contributed by atoms with Crippen LogP contribution in [0.1, 0.15) is 25.8 Å². The van der Waals surface area contributed by atoms with Crippen molar-refractivity contribution in [2.24, 2.45) is 11.7 Å². The molecule has 5 N–H and O–H groups in total. The molecule has 1 unspecified atom stereocenters. The molecule has 0 spiro atoms. The molecule has 0 fully saturated rings. The highest BCUT2D eigenvalue weighted by molar-refractivity contribution is 5.86. The summed E-state index contributed by atoms with van der Waals surface area (Å²) < 4.78 is 0. The van der Waals surface area contributed by atoms with Crippen LogP contribution in [0.2, 0.25) is 0 Å². The number of para-hydroxylation sites is 1. The van der Waals surface area contributed by atoms with Crippen LogP contribution in [0, 0.1) is 5.92 Å². The molecule has 6 nitrogen and oxygen atoms in total. The number of nitrogens with two attached hydrogens (primary N) is 1. The van der Waals surface area contributed by atoms with Crippen LogP contribution in [0.25, 0.3) is 10.9 Å². The van der Waals surface area contributed by atoms with E-state index in [2.05, 4.69) is 10.3 Å². The monoisotopic (exact) mass is 317 g/mol. The standard InChI is InChI=1S/C17H23N3O3/c1-10(2)13(18)8-16(21)20-15(17(22)23)7-11-9-19-14-6-4-3-5-12(11)14/h3-6,9-10,13,15,19H,7-8,18H2,1-2H3,(H,20,21)(H,22,23)/t13?,15-/m0/s1. The molecule has 0 bridgehead atoms. The number of aromatic nitrogens is 1. The van der Waals surface area contributed by atoms with Gasteiger partial charge in [-0.3, -0.25) is 4.79 Å². The molecule has 0 saturated heterocycles. The molecule has 124 valence electrons. The molecule has 2 rings (SSSR count). The molecule has 0 saturated carbocycles. The van der Waals surface area contributed by atoms with Crippen LogP contribution in [0.4, 0.5) is 0 Å². The zero-order valence-corrected chi connectivity index (χ0v) is 13.4. The smallest absolute Gasteiger partial charge is 0.326 e. The molecule has 0 aliphatic carbocycles. The second-order valence-electron chi connectivity index (χ2n) is 6.13. The number of nitrogens with one attached hydrogen (secondary N) is 2. The predicted octanol–water partition coefficient (Wildman–Crippen LogP) is 1.65. The Bertz CT molecular complexity index is 693. The van der Waals surface area contributed by atoms with Gasteiger partial charge in [-0.15, -0.1) is 0 Å². The maximum absolute atomic E-state index is 12.0. The maximum Gasteiger partial charge on any atom is 0.326 e. The van der Waals surface area contributed by atoms with E-state index in [0.29, 0.717) is 0 Å². The van der Waals surface area contributed by atoms with Crippen molar-refractivity contribution in [2.45, 2.75) is 38.8 Å². The number of aromatic amines is 1. The fraction of sp³-hybridized carbons (Fsp3) is 0.412. The lowest BCUT2D eigenvalue weighted by Crippen LogP contribution is -2.44. The topological polar surface area (TPSA) is 108 Å². The second-order valence-corrected chi connectivity index (χ2v) is 6.13. The number of amides is 1. The molecule has 0 aliphatic heterocycles. The molecule has 6 heteroatoms. The van der Waals surface area contributed by atoms with Crippen molar-refractivity contribution in [3.8, 4) is 0 Å². The van der Waals surface area contributed by atoms with Gasteiger partial charge in [0.1, 0.15) is 6.04 Å². The third-order valence-corrected chi connectivity index (χ3v) is 4.01. The minimum atomic E-state index is -1.05. The number of fused-ring (bicyclic) bond motifs is 1. The van der Waals surface area contributed by atoms with Crippen molar-refractivity contribution in [2.75, 3.05) is 0 Å². The Labute approximate surface area is 135 Å². The average molecular weight is 317 g/mol. The lowest BCUT2D eigenvalue weighted by molar-refractivity contribution is -0.141. The van der Waals surface area contributed by atoms with Gasteiger partial charge < -0.3 is 21.1 Å². The van der Waals surface area contributed by atoms with Gasteiger partial charge in [0.2, 0.25) is 5.91 Å². The summed E-state index contributed by atoms with van der Waals surface area (Å²) >= 11 is 0. The Morgan fingerprint density at radius 1 is 1.30 bits per heavy atom. The van der Waals surface area contributed by atoms with Crippen molar-refractivity contribution in [1.82, 2.24) is 10.3 Å². The summed E-state index contributed by atoms with van der Waals surface area (Å²) in [4.78, 5) is 26.6. The van der Waals surface area contributed by atoms with Gasteiger partial charge in [-0.2, -0.15) is 0 Å². The highest BCUT2D eigenvalue weighted by Gasteiger charge is 2.23. The number of aliphatic carboxylic acids is 1. The van der Waals surface area contributed by atoms with Crippen LogP contribution in [0.5, 0.6) is 0 Å². The van der Waals surface area contributed by atoms with Gasteiger partial charge in [0.15, 0.2) is 0 Å². The Balaban J connectivity index is 2.07. The third-order valence-electron chi connectivity index (χ3n) is 4.01. The number of carbonyl (C=O) groups is 2. The second kappa shape index (κ2) is 7.28. The van der Waals surface area contributed by atoms with Crippen LogP contribution in [-0.4, -0.2) is 34.1 Å². The minimum Gasteiger partial charge on any atom is -0.480 e. The van der Waals surface area contributed by atoms with Gasteiger partial charge in [0.25, 0.3) is 0 Å². The van der Waals surface area contributed by atoms with Crippen LogP contribution >= 0.6 is 0 Å². The lowest BCUT2D eigenvalue weighted by Gasteiger charge is -2.18. The number of carboxylic acid groups (broad SMARTS) is 1. The first kappa shape index (κ1) is 17.0. The van der Waals surface area contributed by atoms with E-state index in [1.807, 2.05) is 38.1 Å². The number of rotatable bonds is 7. The number of hydrogen-bond acceptors (Lipinski definition) is 3. The van der Waals surface area contributed by atoms with Crippen LogP contribution in [-0.2, 0) is 16.0 Å². The summed E-state index contributed by atoms with van der Waals surface area (Å²) in [7, 11) is 0. The average Bonchev–Trinajstić information content (AvgIpc) is 2.89. The fourth-order valence-electron chi connectivity index (χ4n) is 2.42. The van der Waals surface area contributed by atoms with E-state index in [0.717, 1.165) is 16.5 Å². The van der Waals surface area contributed by atoms with Crippen molar-refractivity contribution in [3.05, 3.63) is 36.0 Å². The van der Waals surface area contributed by atoms with E-state index in [9.17, 15) is 14.7 Å². The van der Waals surface area contributed by atoms with Crippen molar-refractivity contribution in [3.63, 3.8) is 0 Å². The lowest BCUT2D eigenvalue weighted by atomic mass is 10.0. The van der Waals surface area contributed by atoms with Crippen molar-refractivity contribution >= 4 is 22.8 Å². The molecular weight excluding hydrogens is 294 g/mol. The maximum atomic E-state index is 12.0. The fourth-order valence-corrected chi connectivity index (χ4v) is 2.42.